The average Bonchev–Trinajstić information content (AvgIpc) is 2.05. The number of hydrogen-bond donors (Lipinski definition) is 2. The highest BCUT2D eigenvalue weighted by molar-refractivity contribution is 5.83. The molecule has 0 unspecified atom stereocenters. The summed E-state index contributed by atoms with van der Waals surface area (Å²) in [5.41, 5.74) is -0.632. The van der Waals surface area contributed by atoms with E-state index in [-0.39, 0.29) is 6.42 Å². The first-order chi connectivity index (χ1) is 7.77. The summed E-state index contributed by atoms with van der Waals surface area (Å²) in [7, 11) is 0. The van der Waals surface area contributed by atoms with Crippen LogP contribution in [0.25, 0.3) is 0 Å². The predicted octanol–water partition coefficient (Wildman–Crippen LogP) is 1.31. The number of aliphatic carboxylic acids is 1. The molecule has 0 aliphatic heterocycles. The standard InChI is InChI=1S/C10H12F3NO3/c11-10(12,13)8(17)14-6-4-5(7(15)16)9(6)2-1-3-9/h5-6H,1-4H2,(H,14,17)(H,15,16)/t5-,6-/m0/s1. The number of halogens is 3. The van der Waals surface area contributed by atoms with Crippen molar-refractivity contribution in [2.45, 2.75) is 37.9 Å². The van der Waals surface area contributed by atoms with Crippen LogP contribution in [0, 0.1) is 11.3 Å². The van der Waals surface area contributed by atoms with E-state index < -0.39 is 35.4 Å². The third kappa shape index (κ3) is 1.77. The molecule has 7 heteroatoms. The Kier molecular flexibility index (Phi) is 2.59. The van der Waals surface area contributed by atoms with Crippen molar-refractivity contribution in [3.63, 3.8) is 0 Å². The summed E-state index contributed by atoms with van der Waals surface area (Å²) in [6.07, 6.45) is -2.85. The van der Waals surface area contributed by atoms with Gasteiger partial charge in [-0.1, -0.05) is 6.42 Å². The number of carbonyl (C=O) groups excluding carboxylic acids is 1. The lowest BCUT2D eigenvalue weighted by Crippen LogP contribution is -2.67. The van der Waals surface area contributed by atoms with Gasteiger partial charge < -0.3 is 10.4 Å². The Bertz CT molecular complexity index is 362. The van der Waals surface area contributed by atoms with Crippen LogP contribution in [-0.4, -0.2) is 29.2 Å². The van der Waals surface area contributed by atoms with Crippen LogP contribution < -0.4 is 5.32 Å². The molecule has 2 aliphatic carbocycles. The van der Waals surface area contributed by atoms with Crippen molar-refractivity contribution < 1.29 is 27.9 Å². The first-order valence-electron chi connectivity index (χ1n) is 5.38. The van der Waals surface area contributed by atoms with Crippen LogP contribution in [0.5, 0.6) is 0 Å². The number of hydrogen-bond acceptors (Lipinski definition) is 2. The van der Waals surface area contributed by atoms with Crippen molar-refractivity contribution in [2.24, 2.45) is 11.3 Å². The zero-order valence-corrected chi connectivity index (χ0v) is 8.88. The van der Waals surface area contributed by atoms with Crippen LogP contribution in [0.3, 0.4) is 0 Å². The van der Waals surface area contributed by atoms with Gasteiger partial charge in [0.25, 0.3) is 0 Å². The van der Waals surface area contributed by atoms with Gasteiger partial charge in [0.1, 0.15) is 0 Å². The lowest BCUT2D eigenvalue weighted by Gasteiger charge is -2.59. The molecule has 0 heterocycles. The van der Waals surface area contributed by atoms with Crippen LogP contribution in [0.2, 0.25) is 0 Å². The summed E-state index contributed by atoms with van der Waals surface area (Å²) in [6, 6.07) is -0.647. The minimum absolute atomic E-state index is 0.0944. The number of amides is 1. The van der Waals surface area contributed by atoms with Crippen molar-refractivity contribution >= 4 is 11.9 Å². The zero-order valence-electron chi connectivity index (χ0n) is 8.88. The van der Waals surface area contributed by atoms with E-state index in [1.165, 1.54) is 0 Å². The predicted molar refractivity (Wildman–Crippen MR) is 50.0 cm³/mol. The van der Waals surface area contributed by atoms with Gasteiger partial charge in [-0.25, -0.2) is 0 Å². The van der Waals surface area contributed by atoms with Gasteiger partial charge in [0.15, 0.2) is 0 Å². The van der Waals surface area contributed by atoms with Crippen LogP contribution in [0.4, 0.5) is 13.2 Å². The van der Waals surface area contributed by atoms with E-state index in [9.17, 15) is 22.8 Å². The van der Waals surface area contributed by atoms with E-state index in [1.807, 2.05) is 5.32 Å². The normalized spacial score (nSPS) is 30.3. The number of nitrogens with one attached hydrogen (secondary N) is 1. The van der Waals surface area contributed by atoms with Gasteiger partial charge in [0, 0.05) is 11.5 Å². The van der Waals surface area contributed by atoms with Crippen molar-refractivity contribution in [1.82, 2.24) is 5.32 Å². The summed E-state index contributed by atoms with van der Waals surface area (Å²) in [4.78, 5) is 21.7. The maximum atomic E-state index is 12.1. The van der Waals surface area contributed by atoms with Gasteiger partial charge in [-0.2, -0.15) is 13.2 Å². The summed E-state index contributed by atoms with van der Waals surface area (Å²) in [6.45, 7) is 0. The number of alkyl halides is 3. The molecular weight excluding hydrogens is 239 g/mol. The quantitative estimate of drug-likeness (QED) is 0.777. The molecule has 1 spiro atoms. The largest absolute Gasteiger partial charge is 0.481 e. The SMILES string of the molecule is O=C(O)[C@@H]1C[C@H](NC(=O)C(F)(F)F)C12CCC2. The Balaban J connectivity index is 2.01. The highest BCUT2D eigenvalue weighted by atomic mass is 19.4. The van der Waals surface area contributed by atoms with E-state index in [0.29, 0.717) is 12.8 Å². The Labute approximate surface area is 95.2 Å². The molecule has 2 atom stereocenters. The molecule has 0 aromatic heterocycles. The number of rotatable bonds is 2. The van der Waals surface area contributed by atoms with Gasteiger partial charge in [-0.3, -0.25) is 9.59 Å². The summed E-state index contributed by atoms with van der Waals surface area (Å²) >= 11 is 0. The van der Waals surface area contributed by atoms with Crippen molar-refractivity contribution in [2.75, 3.05) is 0 Å². The van der Waals surface area contributed by atoms with Crippen LogP contribution >= 0.6 is 0 Å². The van der Waals surface area contributed by atoms with Crippen LogP contribution in [0.15, 0.2) is 0 Å². The molecule has 2 aliphatic rings. The second-order valence-corrected chi connectivity index (χ2v) is 4.74. The van der Waals surface area contributed by atoms with E-state index in [1.54, 1.807) is 0 Å². The number of carboxylic acids is 1. The third-order valence-corrected chi connectivity index (χ3v) is 4.00. The second-order valence-electron chi connectivity index (χ2n) is 4.74. The van der Waals surface area contributed by atoms with Gasteiger partial charge in [-0.15, -0.1) is 0 Å². The molecular formula is C10H12F3NO3. The molecule has 2 N–H and O–H groups in total. The summed E-state index contributed by atoms with van der Waals surface area (Å²) in [5.74, 6) is -3.57. The Hall–Kier alpha value is -1.27. The molecule has 2 saturated carbocycles. The fourth-order valence-corrected chi connectivity index (χ4v) is 2.86. The first kappa shape index (κ1) is 12.2. The molecule has 96 valence electrons. The van der Waals surface area contributed by atoms with Gasteiger partial charge in [0.2, 0.25) is 0 Å². The Morgan fingerprint density at radius 3 is 2.24 bits per heavy atom. The third-order valence-electron chi connectivity index (χ3n) is 4.00. The number of carboxylic acid groups (broad SMARTS) is 1. The molecule has 0 radical (unpaired) electrons. The molecule has 0 aromatic rings. The maximum absolute atomic E-state index is 12.1. The van der Waals surface area contributed by atoms with Crippen molar-refractivity contribution in [3.05, 3.63) is 0 Å². The van der Waals surface area contributed by atoms with Gasteiger partial charge in [0.05, 0.1) is 5.92 Å². The monoisotopic (exact) mass is 251 g/mol. The number of carbonyl (C=O) groups is 2. The minimum Gasteiger partial charge on any atom is -0.481 e. The zero-order chi connectivity index (χ0) is 12.8. The minimum atomic E-state index is -4.90. The first-order valence-corrected chi connectivity index (χ1v) is 5.38. The average molecular weight is 251 g/mol. The van der Waals surface area contributed by atoms with Gasteiger partial charge >= 0.3 is 18.1 Å². The highest BCUT2D eigenvalue weighted by Crippen LogP contribution is 2.59. The second kappa shape index (κ2) is 3.61. The summed E-state index contributed by atoms with van der Waals surface area (Å²) in [5, 5.41) is 10.8. The molecule has 4 nitrogen and oxygen atoms in total. The molecule has 0 bridgehead atoms. The fraction of sp³-hybridized carbons (Fsp3) is 0.800. The van der Waals surface area contributed by atoms with Crippen molar-refractivity contribution in [3.8, 4) is 0 Å². The molecule has 1 amide bonds. The van der Waals surface area contributed by atoms with Crippen LogP contribution in [0.1, 0.15) is 25.7 Å². The molecule has 0 saturated heterocycles. The smallest absolute Gasteiger partial charge is 0.471 e. The topological polar surface area (TPSA) is 66.4 Å². The molecule has 17 heavy (non-hydrogen) atoms. The molecule has 2 fully saturated rings. The van der Waals surface area contributed by atoms with Gasteiger partial charge in [-0.05, 0) is 19.3 Å². The van der Waals surface area contributed by atoms with Crippen LogP contribution in [-0.2, 0) is 9.59 Å². The maximum Gasteiger partial charge on any atom is 0.471 e. The lowest BCUT2D eigenvalue weighted by molar-refractivity contribution is -0.185. The van der Waals surface area contributed by atoms with E-state index in [0.717, 1.165) is 6.42 Å². The Morgan fingerprint density at radius 1 is 1.29 bits per heavy atom. The molecule has 0 aromatic carbocycles. The van der Waals surface area contributed by atoms with E-state index >= 15 is 0 Å². The highest BCUT2D eigenvalue weighted by Gasteiger charge is 2.62. The lowest BCUT2D eigenvalue weighted by atomic mass is 9.47. The van der Waals surface area contributed by atoms with E-state index in [2.05, 4.69) is 0 Å². The Morgan fingerprint density at radius 2 is 1.88 bits per heavy atom. The fourth-order valence-electron chi connectivity index (χ4n) is 2.86. The van der Waals surface area contributed by atoms with E-state index in [4.69, 9.17) is 5.11 Å². The summed E-state index contributed by atoms with van der Waals surface area (Å²) < 4.78 is 36.2. The molecule has 2 rings (SSSR count). The van der Waals surface area contributed by atoms with Crippen molar-refractivity contribution in [1.29, 1.82) is 0 Å².